The van der Waals surface area contributed by atoms with Crippen molar-refractivity contribution in [2.45, 2.75) is 144 Å². The van der Waals surface area contributed by atoms with Crippen LogP contribution in [0.25, 0.3) is 0 Å². The van der Waals surface area contributed by atoms with Gasteiger partial charge in [0.25, 0.3) is 0 Å². The Morgan fingerprint density at radius 3 is 2.25 bits per heavy atom. The van der Waals surface area contributed by atoms with Crippen LogP contribution in [0.3, 0.4) is 0 Å². The zero-order valence-electron chi connectivity index (χ0n) is 35.5. The van der Waals surface area contributed by atoms with Gasteiger partial charge in [-0.15, -0.1) is 0 Å². The number of hydrogen-bond acceptors (Lipinski definition) is 9. The van der Waals surface area contributed by atoms with Crippen LogP contribution in [0.1, 0.15) is 136 Å². The molecule has 4 bridgehead atoms. The number of ketones is 2. The lowest BCUT2D eigenvalue weighted by molar-refractivity contribution is -0.171. The highest BCUT2D eigenvalue weighted by atomic mass is 16.6. The van der Waals surface area contributed by atoms with Gasteiger partial charge in [-0.25, -0.2) is 4.79 Å². The van der Waals surface area contributed by atoms with Gasteiger partial charge < -0.3 is 29.3 Å². The standard InChI is InChI=1S/C47H65NO8/c1-11-48(12-2)25-14-13-15-26-54-44(53)32(8)23-24-46-43(52)33-27-36-41(51)38-40(50)34(22-20-31(7)18-16-17-29(3)4)39(49)35(21-19-30(5)6)42(38)55-47(36,46)37(28-33)45(9,10)56-46/h17,19-20,23,27,33,37,49-50H,11-16,18,21-22,24-26,28H2,1-10H3/b31-20+,32-23-. The topological polar surface area (TPSA) is 123 Å². The van der Waals surface area contributed by atoms with E-state index in [0.29, 0.717) is 29.7 Å². The molecule has 2 heterocycles. The molecule has 1 aromatic carbocycles. The third-order valence-corrected chi connectivity index (χ3v) is 12.4. The molecule has 0 aromatic heterocycles. The minimum absolute atomic E-state index is 0.00202. The number of benzene rings is 1. The Morgan fingerprint density at radius 2 is 1.59 bits per heavy atom. The molecule has 3 aliphatic carbocycles. The van der Waals surface area contributed by atoms with Gasteiger partial charge >= 0.3 is 5.97 Å². The lowest BCUT2D eigenvalue weighted by atomic mass is 9.51. The summed E-state index contributed by atoms with van der Waals surface area (Å²) in [6, 6.07) is 0. The third-order valence-electron chi connectivity index (χ3n) is 12.4. The van der Waals surface area contributed by atoms with E-state index >= 15 is 0 Å². The smallest absolute Gasteiger partial charge is 0.333 e. The van der Waals surface area contributed by atoms with Crippen molar-refractivity contribution in [1.82, 2.24) is 4.90 Å². The van der Waals surface area contributed by atoms with E-state index in [-0.39, 0.29) is 53.4 Å². The van der Waals surface area contributed by atoms with Gasteiger partial charge in [0.1, 0.15) is 22.8 Å². The molecule has 56 heavy (non-hydrogen) atoms. The first-order chi connectivity index (χ1) is 26.4. The first kappa shape index (κ1) is 43.2. The van der Waals surface area contributed by atoms with Gasteiger partial charge in [0, 0.05) is 40.5 Å². The number of phenolic OH excluding ortho intramolecular Hbond substituents is 2. The maximum Gasteiger partial charge on any atom is 0.333 e. The van der Waals surface area contributed by atoms with Gasteiger partial charge in [0.2, 0.25) is 0 Å². The second-order valence-electron chi connectivity index (χ2n) is 17.3. The fourth-order valence-corrected chi connectivity index (χ4v) is 9.23. The lowest BCUT2D eigenvalue weighted by Crippen LogP contribution is -2.72. The summed E-state index contributed by atoms with van der Waals surface area (Å²) in [7, 11) is 0. The predicted molar refractivity (Wildman–Crippen MR) is 220 cm³/mol. The second kappa shape index (κ2) is 17.3. The molecular formula is C47H65NO8. The highest BCUT2D eigenvalue weighted by molar-refractivity contribution is 6.18. The molecule has 9 nitrogen and oxygen atoms in total. The first-order valence-corrected chi connectivity index (χ1v) is 20.7. The Hall–Kier alpha value is -3.95. The molecule has 1 spiro atoms. The summed E-state index contributed by atoms with van der Waals surface area (Å²) in [6.45, 7) is 23.2. The van der Waals surface area contributed by atoms with Crippen molar-refractivity contribution < 1.29 is 38.8 Å². The van der Waals surface area contributed by atoms with E-state index in [4.69, 9.17) is 14.2 Å². The van der Waals surface area contributed by atoms with Crippen LogP contribution in [-0.2, 0) is 31.9 Å². The Labute approximate surface area is 334 Å². The lowest BCUT2D eigenvalue weighted by Gasteiger charge is -2.56. The number of nitrogens with zero attached hydrogens (tertiary/aromatic N) is 1. The van der Waals surface area contributed by atoms with Crippen molar-refractivity contribution in [3.05, 3.63) is 74.9 Å². The average Bonchev–Trinajstić information content (AvgIpc) is 3.29. The summed E-state index contributed by atoms with van der Waals surface area (Å²) in [5.74, 6) is -2.45. The largest absolute Gasteiger partial charge is 0.507 e. The number of unbranched alkanes of at least 4 members (excludes halogenated alkanes) is 2. The Balaban J connectivity index is 1.51. The molecule has 4 atom stereocenters. The van der Waals surface area contributed by atoms with Crippen molar-refractivity contribution in [1.29, 1.82) is 0 Å². The SMILES string of the molecule is CCN(CC)CCCCCOC(=O)/C(C)=C\CC12OC(C)(C)C3CC(C=C4C(=O)c5c(O)c(C/C=C(\C)CCC=C(C)C)c(O)c(CC=C(C)C)c5OC431)C2=O. The number of aromatic hydroxyl groups is 2. The quantitative estimate of drug-likeness (QED) is 0.0651. The fourth-order valence-electron chi connectivity index (χ4n) is 9.23. The molecule has 306 valence electrons. The van der Waals surface area contributed by atoms with E-state index in [1.807, 2.05) is 46.8 Å². The van der Waals surface area contributed by atoms with Crippen molar-refractivity contribution in [3.63, 3.8) is 0 Å². The number of Topliss-reactive ketones (excluding diaryl/α,β-unsaturated/α-hetero) is 2. The summed E-state index contributed by atoms with van der Waals surface area (Å²) >= 11 is 0. The van der Waals surface area contributed by atoms with Gasteiger partial charge in [-0.3, -0.25) is 9.59 Å². The monoisotopic (exact) mass is 771 g/mol. The predicted octanol–water partition coefficient (Wildman–Crippen LogP) is 9.24. The summed E-state index contributed by atoms with van der Waals surface area (Å²) in [5, 5.41) is 23.8. The Morgan fingerprint density at radius 1 is 0.911 bits per heavy atom. The number of fused-ring (bicyclic) bond motifs is 1. The summed E-state index contributed by atoms with van der Waals surface area (Å²) in [4.78, 5) is 45.1. The number of rotatable bonds is 18. The zero-order chi connectivity index (χ0) is 41.2. The van der Waals surface area contributed by atoms with E-state index in [9.17, 15) is 24.6 Å². The number of phenols is 2. The minimum Gasteiger partial charge on any atom is -0.507 e. The number of esters is 1. The van der Waals surface area contributed by atoms with E-state index in [2.05, 4.69) is 38.7 Å². The second-order valence-corrected chi connectivity index (χ2v) is 17.3. The molecule has 1 aromatic rings. The molecule has 5 aliphatic rings. The number of carbonyl (C=O) groups excluding carboxylic acids is 3. The third kappa shape index (κ3) is 7.95. The maximum atomic E-state index is 15.0. The average molecular weight is 772 g/mol. The first-order valence-electron chi connectivity index (χ1n) is 20.7. The normalized spacial score (nSPS) is 24.7. The van der Waals surface area contributed by atoms with E-state index in [1.54, 1.807) is 19.1 Å². The number of allylic oxidation sites excluding steroid dienone is 7. The van der Waals surface area contributed by atoms with Crippen LogP contribution >= 0.6 is 0 Å². The fraction of sp³-hybridized carbons (Fsp3) is 0.596. The van der Waals surface area contributed by atoms with Gasteiger partial charge in [0.05, 0.1) is 12.2 Å². The van der Waals surface area contributed by atoms with Gasteiger partial charge in [-0.05, 0) is 126 Å². The molecule has 2 aliphatic heterocycles. The van der Waals surface area contributed by atoms with Crippen LogP contribution in [0.15, 0.2) is 58.2 Å². The molecule has 2 fully saturated rings. The van der Waals surface area contributed by atoms with Crippen LogP contribution in [0.2, 0.25) is 0 Å². The maximum absolute atomic E-state index is 15.0. The number of ether oxygens (including phenoxy) is 3. The molecule has 9 heteroatoms. The van der Waals surface area contributed by atoms with Crippen molar-refractivity contribution in [2.75, 3.05) is 26.2 Å². The summed E-state index contributed by atoms with van der Waals surface area (Å²) in [5.41, 5.74) is 0.594. The van der Waals surface area contributed by atoms with Crippen LogP contribution in [0.5, 0.6) is 17.2 Å². The molecule has 0 amide bonds. The van der Waals surface area contributed by atoms with Gasteiger partial charge in [-0.2, -0.15) is 0 Å². The van der Waals surface area contributed by atoms with Gasteiger partial charge in [0.15, 0.2) is 22.8 Å². The molecule has 6 rings (SSSR count). The van der Waals surface area contributed by atoms with Crippen LogP contribution < -0.4 is 4.74 Å². The van der Waals surface area contributed by atoms with Gasteiger partial charge in [-0.1, -0.05) is 60.9 Å². The molecule has 2 N–H and O–H groups in total. The minimum atomic E-state index is -1.63. The van der Waals surface area contributed by atoms with Crippen LogP contribution in [0, 0.1) is 11.8 Å². The highest BCUT2D eigenvalue weighted by Crippen LogP contribution is 2.68. The Bertz CT molecular complexity index is 1870. The molecule has 1 saturated heterocycles. The van der Waals surface area contributed by atoms with Crippen molar-refractivity contribution in [2.24, 2.45) is 11.8 Å². The van der Waals surface area contributed by atoms with Crippen molar-refractivity contribution in [3.8, 4) is 17.2 Å². The van der Waals surface area contributed by atoms with Crippen molar-refractivity contribution >= 4 is 17.5 Å². The zero-order valence-corrected chi connectivity index (χ0v) is 35.5. The summed E-state index contributed by atoms with van der Waals surface area (Å²) < 4.78 is 19.6. The van der Waals surface area contributed by atoms with E-state index in [0.717, 1.165) is 62.9 Å². The molecule has 0 radical (unpaired) electrons. The summed E-state index contributed by atoms with van der Waals surface area (Å²) in [6.07, 6.45) is 14.9. The molecule has 1 saturated carbocycles. The van der Waals surface area contributed by atoms with Crippen LogP contribution in [-0.4, -0.2) is 75.7 Å². The Kier molecular flexibility index (Phi) is 13.3. The van der Waals surface area contributed by atoms with E-state index in [1.165, 1.54) is 5.57 Å². The number of hydrogen-bond donors (Lipinski definition) is 2. The molecule has 4 unspecified atom stereocenters. The highest BCUT2D eigenvalue weighted by Gasteiger charge is 2.81. The number of carbonyl (C=O) groups is 3. The molecular weight excluding hydrogens is 707 g/mol. The van der Waals surface area contributed by atoms with E-state index < -0.39 is 40.4 Å². The van der Waals surface area contributed by atoms with Crippen LogP contribution in [0.4, 0.5) is 0 Å².